The highest BCUT2D eigenvalue weighted by molar-refractivity contribution is 7.91. The van der Waals surface area contributed by atoms with E-state index in [1.165, 1.54) is 15.6 Å². The van der Waals surface area contributed by atoms with E-state index in [-0.39, 0.29) is 12.5 Å². The molecule has 3 rings (SSSR count). The lowest BCUT2D eigenvalue weighted by atomic mass is 9.81. The summed E-state index contributed by atoms with van der Waals surface area (Å²) in [4.78, 5) is 12.7. The molecule has 5 nitrogen and oxygen atoms in total. The van der Waals surface area contributed by atoms with E-state index in [9.17, 15) is 18.3 Å². The summed E-state index contributed by atoms with van der Waals surface area (Å²) in [5.41, 5.74) is -0.863. The Kier molecular flexibility index (Phi) is 3.62. The molecule has 1 aromatic rings. The van der Waals surface area contributed by atoms with E-state index in [0.717, 1.165) is 24.1 Å². The third-order valence-corrected chi connectivity index (χ3v) is 8.35. The molecule has 0 unspecified atom stereocenters. The van der Waals surface area contributed by atoms with Gasteiger partial charge >= 0.3 is 5.97 Å². The topological polar surface area (TPSA) is 74.7 Å². The van der Waals surface area contributed by atoms with Crippen LogP contribution in [0.2, 0.25) is 0 Å². The summed E-state index contributed by atoms with van der Waals surface area (Å²) in [6.07, 6.45) is 3.08. The Bertz CT molecular complexity index is 666. The normalized spacial score (nSPS) is 29.7. The molecule has 0 spiro atoms. The molecule has 0 aromatic carbocycles. The van der Waals surface area contributed by atoms with Crippen LogP contribution in [0.1, 0.15) is 31.1 Å². The Morgan fingerprint density at radius 1 is 1.52 bits per heavy atom. The largest absolute Gasteiger partial charge is 0.481 e. The Morgan fingerprint density at radius 2 is 2.29 bits per heavy atom. The third-order valence-electron chi connectivity index (χ3n) is 4.85. The first-order chi connectivity index (χ1) is 9.90. The summed E-state index contributed by atoms with van der Waals surface area (Å²) in [6.45, 7) is 2.45. The summed E-state index contributed by atoms with van der Waals surface area (Å²) in [7, 11) is -3.55. The zero-order valence-corrected chi connectivity index (χ0v) is 13.5. The Labute approximate surface area is 128 Å². The van der Waals surface area contributed by atoms with E-state index < -0.39 is 21.4 Å². The fraction of sp³-hybridized carbons (Fsp3) is 0.643. The number of hydrogen-bond acceptors (Lipinski definition) is 4. The van der Waals surface area contributed by atoms with E-state index in [0.29, 0.717) is 17.2 Å². The lowest BCUT2D eigenvalue weighted by Gasteiger charge is -2.23. The lowest BCUT2D eigenvalue weighted by molar-refractivity contribution is -0.149. The molecule has 0 bridgehead atoms. The lowest BCUT2D eigenvalue weighted by Crippen LogP contribution is -2.37. The summed E-state index contributed by atoms with van der Waals surface area (Å²) in [6, 6.07) is 3.47. The Hall–Kier alpha value is -0.920. The van der Waals surface area contributed by atoms with E-state index in [4.69, 9.17) is 0 Å². The minimum atomic E-state index is -3.55. The third kappa shape index (κ3) is 2.22. The Morgan fingerprint density at radius 3 is 2.86 bits per heavy atom. The minimum Gasteiger partial charge on any atom is -0.481 e. The van der Waals surface area contributed by atoms with Gasteiger partial charge in [0, 0.05) is 18.0 Å². The van der Waals surface area contributed by atoms with Crippen LogP contribution in [-0.2, 0) is 21.2 Å². The molecular formula is C14H19NO4S2. The van der Waals surface area contributed by atoms with Crippen LogP contribution >= 0.6 is 11.3 Å². The zero-order chi connectivity index (χ0) is 15.3. The number of fused-ring (bicyclic) bond motifs is 1. The SMILES string of the molecule is CCc1ccc(S(=O)(=O)N2C[C@@H]3CCC[C@@]3(C(=O)O)C2)s1. The van der Waals surface area contributed by atoms with Gasteiger partial charge in [-0.15, -0.1) is 11.3 Å². The number of rotatable bonds is 4. The predicted molar refractivity (Wildman–Crippen MR) is 79.9 cm³/mol. The quantitative estimate of drug-likeness (QED) is 0.919. The van der Waals surface area contributed by atoms with E-state index >= 15 is 0 Å². The number of thiophene rings is 1. The number of sulfonamides is 1. The van der Waals surface area contributed by atoms with Crippen molar-refractivity contribution in [3.63, 3.8) is 0 Å². The molecular weight excluding hydrogens is 310 g/mol. The molecule has 1 saturated carbocycles. The molecule has 2 fully saturated rings. The van der Waals surface area contributed by atoms with Crippen LogP contribution in [0.15, 0.2) is 16.3 Å². The number of aryl methyl sites for hydroxylation is 1. The van der Waals surface area contributed by atoms with Gasteiger partial charge in [-0.05, 0) is 37.3 Å². The van der Waals surface area contributed by atoms with Gasteiger partial charge in [-0.1, -0.05) is 13.3 Å². The second kappa shape index (κ2) is 5.07. The molecule has 2 atom stereocenters. The first kappa shape index (κ1) is 15.0. The maximum atomic E-state index is 12.7. The van der Waals surface area contributed by atoms with Crippen LogP contribution in [-0.4, -0.2) is 36.9 Å². The fourth-order valence-corrected chi connectivity index (χ4v) is 6.59. The highest BCUT2D eigenvalue weighted by Gasteiger charge is 2.57. The van der Waals surface area contributed by atoms with Gasteiger partial charge in [0.2, 0.25) is 0 Å². The minimum absolute atomic E-state index is 0.0459. The second-order valence-electron chi connectivity index (χ2n) is 5.92. The van der Waals surface area contributed by atoms with Crippen molar-refractivity contribution in [1.82, 2.24) is 4.31 Å². The van der Waals surface area contributed by atoms with Crippen LogP contribution in [0.25, 0.3) is 0 Å². The summed E-state index contributed by atoms with van der Waals surface area (Å²) in [5, 5.41) is 9.55. The van der Waals surface area contributed by atoms with Gasteiger partial charge in [0.15, 0.2) is 0 Å². The van der Waals surface area contributed by atoms with Crippen LogP contribution in [0.5, 0.6) is 0 Å². The number of carboxylic acid groups (broad SMARTS) is 1. The number of hydrogen-bond donors (Lipinski definition) is 1. The van der Waals surface area contributed by atoms with Crippen molar-refractivity contribution in [3.8, 4) is 0 Å². The fourth-order valence-electron chi connectivity index (χ4n) is 3.59. The molecule has 1 saturated heterocycles. The van der Waals surface area contributed by atoms with Crippen molar-refractivity contribution < 1.29 is 18.3 Å². The molecule has 116 valence electrons. The first-order valence-electron chi connectivity index (χ1n) is 7.22. The van der Waals surface area contributed by atoms with Crippen LogP contribution in [0.3, 0.4) is 0 Å². The van der Waals surface area contributed by atoms with Crippen molar-refractivity contribution in [2.45, 2.75) is 36.8 Å². The summed E-state index contributed by atoms with van der Waals surface area (Å²) in [5.74, 6) is -0.890. The number of carbonyl (C=O) groups is 1. The molecule has 21 heavy (non-hydrogen) atoms. The summed E-state index contributed by atoms with van der Waals surface area (Å²) < 4.78 is 27.1. The molecule has 0 radical (unpaired) electrons. The number of carboxylic acids is 1. The number of nitrogens with zero attached hydrogens (tertiary/aromatic N) is 1. The molecule has 2 heterocycles. The average molecular weight is 329 g/mol. The Balaban J connectivity index is 1.90. The van der Waals surface area contributed by atoms with Crippen LogP contribution in [0, 0.1) is 11.3 Å². The van der Waals surface area contributed by atoms with Gasteiger partial charge < -0.3 is 5.11 Å². The molecule has 1 aliphatic carbocycles. The van der Waals surface area contributed by atoms with Crippen molar-refractivity contribution >= 4 is 27.3 Å². The smallest absolute Gasteiger partial charge is 0.311 e. The monoisotopic (exact) mass is 329 g/mol. The molecule has 2 aliphatic rings. The molecule has 1 aliphatic heterocycles. The van der Waals surface area contributed by atoms with Crippen molar-refractivity contribution in [3.05, 3.63) is 17.0 Å². The summed E-state index contributed by atoms with van der Waals surface area (Å²) >= 11 is 1.28. The van der Waals surface area contributed by atoms with Crippen LogP contribution < -0.4 is 0 Å². The van der Waals surface area contributed by atoms with E-state index in [1.807, 2.05) is 13.0 Å². The zero-order valence-electron chi connectivity index (χ0n) is 11.9. The molecule has 7 heteroatoms. The van der Waals surface area contributed by atoms with Crippen LogP contribution in [0.4, 0.5) is 0 Å². The van der Waals surface area contributed by atoms with Gasteiger partial charge in [0.05, 0.1) is 5.41 Å². The molecule has 1 aromatic heterocycles. The van der Waals surface area contributed by atoms with E-state index in [1.54, 1.807) is 6.07 Å². The van der Waals surface area contributed by atoms with Crippen molar-refractivity contribution in [2.75, 3.05) is 13.1 Å². The van der Waals surface area contributed by atoms with Gasteiger partial charge in [-0.2, -0.15) is 4.31 Å². The van der Waals surface area contributed by atoms with Gasteiger partial charge in [-0.25, -0.2) is 8.42 Å². The highest BCUT2D eigenvalue weighted by atomic mass is 32.2. The molecule has 0 amide bonds. The second-order valence-corrected chi connectivity index (χ2v) is 9.26. The molecule has 1 N–H and O–H groups in total. The van der Waals surface area contributed by atoms with Gasteiger partial charge in [0.25, 0.3) is 10.0 Å². The highest BCUT2D eigenvalue weighted by Crippen LogP contribution is 2.50. The van der Waals surface area contributed by atoms with Gasteiger partial charge in [-0.3, -0.25) is 4.79 Å². The maximum Gasteiger partial charge on any atom is 0.311 e. The number of aliphatic carboxylic acids is 1. The maximum absolute atomic E-state index is 12.7. The predicted octanol–water partition coefficient (Wildman–Crippen LogP) is 2.19. The van der Waals surface area contributed by atoms with Gasteiger partial charge in [0.1, 0.15) is 4.21 Å². The van der Waals surface area contributed by atoms with Crippen molar-refractivity contribution in [2.24, 2.45) is 11.3 Å². The van der Waals surface area contributed by atoms with Crippen molar-refractivity contribution in [1.29, 1.82) is 0 Å². The van der Waals surface area contributed by atoms with E-state index in [2.05, 4.69) is 0 Å². The average Bonchev–Trinajstić information content (AvgIpc) is 3.12. The standard InChI is InChI=1S/C14H19NO4S2/c1-2-11-5-6-12(20-11)21(18,19)15-8-10-4-3-7-14(10,9-15)13(16)17/h5-6,10H,2-4,7-9H2,1H3,(H,16,17)/t10-,14+/m0/s1. The first-order valence-corrected chi connectivity index (χ1v) is 9.48.